The Labute approximate surface area is 171 Å². The Morgan fingerprint density at radius 1 is 1.11 bits per heavy atom. The van der Waals surface area contributed by atoms with Gasteiger partial charge in [-0.1, -0.05) is 35.9 Å². The third-order valence-corrected chi connectivity index (χ3v) is 5.36. The minimum atomic E-state index is -0.0461. The maximum atomic E-state index is 11.8. The molecule has 1 fully saturated rings. The van der Waals surface area contributed by atoms with Crippen LogP contribution < -0.4 is 16.0 Å². The molecule has 0 spiro atoms. The summed E-state index contributed by atoms with van der Waals surface area (Å²) in [7, 11) is 1.77. The Balaban J connectivity index is 1.52. The standard InChI is InChI=1S/C22H27ClN4O/c1-3-25-20(28)17-9-7-16(8-10-17)14-26-21(24-2)27-15-22(11-12-22)18-5-4-6-19(23)13-18/h4-10,13H,3,11-12,14-15H2,1-2H3,(H,25,28)(H2,24,26,27). The van der Waals surface area contributed by atoms with Gasteiger partial charge in [-0.2, -0.15) is 0 Å². The number of amides is 1. The second kappa shape index (κ2) is 9.11. The first-order chi connectivity index (χ1) is 13.6. The van der Waals surface area contributed by atoms with Crippen molar-refractivity contribution in [2.45, 2.75) is 31.7 Å². The molecule has 3 rings (SSSR count). The largest absolute Gasteiger partial charge is 0.356 e. The van der Waals surface area contributed by atoms with Gasteiger partial charge in [-0.15, -0.1) is 0 Å². The van der Waals surface area contributed by atoms with Crippen LogP contribution in [0.2, 0.25) is 5.02 Å². The molecule has 2 aromatic rings. The van der Waals surface area contributed by atoms with Crippen molar-refractivity contribution in [1.82, 2.24) is 16.0 Å². The van der Waals surface area contributed by atoms with E-state index in [-0.39, 0.29) is 11.3 Å². The van der Waals surface area contributed by atoms with Crippen LogP contribution in [0.1, 0.15) is 41.3 Å². The summed E-state index contributed by atoms with van der Waals surface area (Å²) in [6, 6.07) is 15.7. The molecule has 28 heavy (non-hydrogen) atoms. The average Bonchev–Trinajstić information content (AvgIpc) is 3.50. The summed E-state index contributed by atoms with van der Waals surface area (Å²) in [5.41, 5.74) is 3.19. The zero-order valence-corrected chi connectivity index (χ0v) is 17.1. The Morgan fingerprint density at radius 2 is 1.86 bits per heavy atom. The van der Waals surface area contributed by atoms with Crippen molar-refractivity contribution in [3.8, 4) is 0 Å². The van der Waals surface area contributed by atoms with Gasteiger partial charge in [0.2, 0.25) is 0 Å². The van der Waals surface area contributed by atoms with Crippen molar-refractivity contribution in [2.24, 2.45) is 4.99 Å². The van der Waals surface area contributed by atoms with E-state index in [1.807, 2.05) is 43.3 Å². The number of hydrogen-bond acceptors (Lipinski definition) is 2. The molecule has 1 aliphatic rings. The fourth-order valence-electron chi connectivity index (χ4n) is 3.23. The highest BCUT2D eigenvalue weighted by Crippen LogP contribution is 2.48. The molecule has 0 heterocycles. The Hall–Kier alpha value is -2.53. The van der Waals surface area contributed by atoms with Crippen LogP contribution in [0.25, 0.3) is 0 Å². The second-order valence-corrected chi connectivity index (χ2v) is 7.56. The minimum absolute atomic E-state index is 0.0461. The first kappa shape index (κ1) is 20.2. The van der Waals surface area contributed by atoms with Crippen molar-refractivity contribution >= 4 is 23.5 Å². The Bertz CT molecular complexity index is 844. The molecule has 1 aliphatic carbocycles. The Morgan fingerprint density at radius 3 is 2.46 bits per heavy atom. The van der Waals surface area contributed by atoms with Crippen LogP contribution in [0, 0.1) is 0 Å². The highest BCUT2D eigenvalue weighted by atomic mass is 35.5. The number of guanidine groups is 1. The number of nitrogens with zero attached hydrogens (tertiary/aromatic N) is 1. The van der Waals surface area contributed by atoms with Gasteiger partial charge >= 0.3 is 0 Å². The van der Waals surface area contributed by atoms with Crippen LogP contribution in [-0.2, 0) is 12.0 Å². The third-order valence-electron chi connectivity index (χ3n) is 5.12. The summed E-state index contributed by atoms with van der Waals surface area (Å²) in [5, 5.41) is 10.4. The van der Waals surface area contributed by atoms with Gasteiger partial charge in [0.05, 0.1) is 0 Å². The molecule has 0 radical (unpaired) electrons. The zero-order valence-electron chi connectivity index (χ0n) is 16.4. The van der Waals surface area contributed by atoms with Crippen LogP contribution in [0.3, 0.4) is 0 Å². The van der Waals surface area contributed by atoms with E-state index in [0.717, 1.165) is 35.9 Å². The van der Waals surface area contributed by atoms with Crippen molar-refractivity contribution in [1.29, 1.82) is 0 Å². The summed E-state index contributed by atoms with van der Waals surface area (Å²) in [6.07, 6.45) is 2.30. The molecule has 5 nitrogen and oxygen atoms in total. The lowest BCUT2D eigenvalue weighted by atomic mass is 9.96. The van der Waals surface area contributed by atoms with Gasteiger partial charge in [0, 0.05) is 42.7 Å². The minimum Gasteiger partial charge on any atom is -0.356 e. The monoisotopic (exact) mass is 398 g/mol. The van der Waals surface area contributed by atoms with Crippen molar-refractivity contribution in [3.63, 3.8) is 0 Å². The fraction of sp³-hybridized carbons (Fsp3) is 0.364. The number of carbonyl (C=O) groups is 1. The Kier molecular flexibility index (Phi) is 6.57. The first-order valence-electron chi connectivity index (χ1n) is 9.64. The van der Waals surface area contributed by atoms with Crippen molar-refractivity contribution in [3.05, 3.63) is 70.2 Å². The average molecular weight is 399 g/mol. The topological polar surface area (TPSA) is 65.5 Å². The lowest BCUT2D eigenvalue weighted by Gasteiger charge is -2.19. The zero-order chi connectivity index (χ0) is 20.0. The molecule has 0 aromatic heterocycles. The normalized spacial score (nSPS) is 15.0. The van der Waals surface area contributed by atoms with Gasteiger partial charge in [0.25, 0.3) is 5.91 Å². The summed E-state index contributed by atoms with van der Waals surface area (Å²) < 4.78 is 0. The molecular formula is C22H27ClN4O. The van der Waals surface area contributed by atoms with E-state index in [0.29, 0.717) is 18.7 Å². The van der Waals surface area contributed by atoms with E-state index in [1.165, 1.54) is 5.56 Å². The van der Waals surface area contributed by atoms with Gasteiger partial charge in [0.1, 0.15) is 0 Å². The number of aliphatic imine (C=N–C) groups is 1. The number of halogens is 1. The summed E-state index contributed by atoms with van der Waals surface area (Å²) in [6.45, 7) is 4.00. The van der Waals surface area contributed by atoms with E-state index in [9.17, 15) is 4.79 Å². The van der Waals surface area contributed by atoms with Crippen molar-refractivity contribution < 1.29 is 4.79 Å². The van der Waals surface area contributed by atoms with Gasteiger partial charge < -0.3 is 16.0 Å². The van der Waals surface area contributed by atoms with E-state index in [1.54, 1.807) is 7.05 Å². The van der Waals surface area contributed by atoms with Crippen LogP contribution in [0.15, 0.2) is 53.5 Å². The summed E-state index contributed by atoms with van der Waals surface area (Å²) >= 11 is 6.15. The van der Waals surface area contributed by atoms with E-state index in [2.05, 4.69) is 33.1 Å². The van der Waals surface area contributed by atoms with E-state index in [4.69, 9.17) is 11.6 Å². The number of carbonyl (C=O) groups excluding carboxylic acids is 1. The highest BCUT2D eigenvalue weighted by molar-refractivity contribution is 6.30. The number of rotatable bonds is 7. The molecular weight excluding hydrogens is 372 g/mol. The summed E-state index contributed by atoms with van der Waals surface area (Å²) in [4.78, 5) is 16.1. The van der Waals surface area contributed by atoms with Gasteiger partial charge in [-0.3, -0.25) is 9.79 Å². The van der Waals surface area contributed by atoms with Crippen LogP contribution in [0.5, 0.6) is 0 Å². The molecule has 0 atom stereocenters. The van der Waals surface area contributed by atoms with Crippen LogP contribution in [-0.4, -0.2) is 32.0 Å². The van der Waals surface area contributed by atoms with E-state index < -0.39 is 0 Å². The maximum Gasteiger partial charge on any atom is 0.251 e. The lowest BCUT2D eigenvalue weighted by Crippen LogP contribution is -2.40. The molecule has 1 saturated carbocycles. The molecule has 148 valence electrons. The molecule has 1 amide bonds. The van der Waals surface area contributed by atoms with Crippen LogP contribution >= 0.6 is 11.6 Å². The number of benzene rings is 2. The summed E-state index contributed by atoms with van der Waals surface area (Å²) in [5.74, 6) is 0.719. The van der Waals surface area contributed by atoms with E-state index >= 15 is 0 Å². The quantitative estimate of drug-likeness (QED) is 0.494. The lowest BCUT2D eigenvalue weighted by molar-refractivity contribution is 0.0956. The first-order valence-corrected chi connectivity index (χ1v) is 10.0. The molecule has 6 heteroatoms. The van der Waals surface area contributed by atoms with Gasteiger partial charge in [-0.25, -0.2) is 0 Å². The smallest absolute Gasteiger partial charge is 0.251 e. The van der Waals surface area contributed by atoms with Crippen molar-refractivity contribution in [2.75, 3.05) is 20.1 Å². The highest BCUT2D eigenvalue weighted by Gasteiger charge is 2.44. The van der Waals surface area contributed by atoms with Gasteiger partial charge in [0.15, 0.2) is 5.96 Å². The molecule has 0 saturated heterocycles. The molecule has 0 aliphatic heterocycles. The third kappa shape index (κ3) is 5.04. The second-order valence-electron chi connectivity index (χ2n) is 7.13. The predicted octanol–water partition coefficient (Wildman–Crippen LogP) is 3.49. The number of hydrogen-bond donors (Lipinski definition) is 3. The molecule has 0 unspecified atom stereocenters. The predicted molar refractivity (Wildman–Crippen MR) is 115 cm³/mol. The fourth-order valence-corrected chi connectivity index (χ4v) is 3.42. The molecule has 0 bridgehead atoms. The molecule has 3 N–H and O–H groups in total. The SMILES string of the molecule is CCNC(=O)c1ccc(CNC(=NC)NCC2(c3cccc(Cl)c3)CC2)cc1. The van der Waals surface area contributed by atoms with Crippen LogP contribution in [0.4, 0.5) is 0 Å². The molecule has 2 aromatic carbocycles. The van der Waals surface area contributed by atoms with Gasteiger partial charge in [-0.05, 0) is 55.2 Å². The maximum absolute atomic E-state index is 11.8. The number of nitrogens with one attached hydrogen (secondary N) is 3.